The minimum Gasteiger partial charge on any atom is -0.452 e. The molecule has 0 aliphatic carbocycles. The van der Waals surface area contributed by atoms with E-state index >= 15 is 0 Å². The first-order chi connectivity index (χ1) is 9.52. The highest BCUT2D eigenvalue weighted by molar-refractivity contribution is 5.96. The first-order valence-electron chi connectivity index (χ1n) is 5.64. The van der Waals surface area contributed by atoms with E-state index in [-0.39, 0.29) is 5.56 Å². The number of carbonyl (C=O) groups is 3. The standard InChI is InChI=1S/C13H13FN2O4/c1-15-13(19)16-11(17)8-20-12(18)7-6-9-4-2-3-5-10(9)14/h2-7H,8H2,1H3,(H2,15,16,17,19)/b7-6+. The lowest BCUT2D eigenvalue weighted by Crippen LogP contribution is -2.39. The van der Waals surface area contributed by atoms with Gasteiger partial charge in [0.15, 0.2) is 6.61 Å². The zero-order valence-electron chi connectivity index (χ0n) is 10.7. The molecule has 1 aromatic carbocycles. The van der Waals surface area contributed by atoms with Gasteiger partial charge in [0.2, 0.25) is 0 Å². The topological polar surface area (TPSA) is 84.5 Å². The lowest BCUT2D eigenvalue weighted by molar-refractivity contribution is -0.143. The molecule has 0 aromatic heterocycles. The second-order valence-electron chi connectivity index (χ2n) is 3.59. The van der Waals surface area contributed by atoms with Crippen molar-refractivity contribution < 1.29 is 23.5 Å². The number of rotatable bonds is 4. The van der Waals surface area contributed by atoms with Gasteiger partial charge in [0.05, 0.1) is 0 Å². The van der Waals surface area contributed by atoms with Crippen LogP contribution in [0.5, 0.6) is 0 Å². The molecular formula is C13H13FN2O4. The molecule has 0 saturated heterocycles. The number of hydrogen-bond donors (Lipinski definition) is 2. The minimum absolute atomic E-state index is 0.222. The van der Waals surface area contributed by atoms with Crippen LogP contribution in [0.4, 0.5) is 9.18 Å². The van der Waals surface area contributed by atoms with Gasteiger partial charge in [-0.1, -0.05) is 18.2 Å². The number of ether oxygens (including phenoxy) is 1. The summed E-state index contributed by atoms with van der Waals surface area (Å²) in [4.78, 5) is 33.2. The summed E-state index contributed by atoms with van der Waals surface area (Å²) in [6.07, 6.45) is 2.22. The second-order valence-corrected chi connectivity index (χ2v) is 3.59. The Hall–Kier alpha value is -2.70. The van der Waals surface area contributed by atoms with E-state index in [0.717, 1.165) is 6.08 Å². The third-order valence-electron chi connectivity index (χ3n) is 2.13. The van der Waals surface area contributed by atoms with E-state index in [1.165, 1.54) is 31.3 Å². The summed E-state index contributed by atoms with van der Waals surface area (Å²) >= 11 is 0. The van der Waals surface area contributed by atoms with Gasteiger partial charge in [0.1, 0.15) is 5.82 Å². The number of hydrogen-bond acceptors (Lipinski definition) is 4. The predicted molar refractivity (Wildman–Crippen MR) is 69.0 cm³/mol. The van der Waals surface area contributed by atoms with Crippen molar-refractivity contribution in [1.29, 1.82) is 0 Å². The summed E-state index contributed by atoms with van der Waals surface area (Å²) in [5.74, 6) is -2.06. The van der Waals surface area contributed by atoms with Crippen LogP contribution in [-0.2, 0) is 14.3 Å². The largest absolute Gasteiger partial charge is 0.452 e. The molecule has 0 aliphatic rings. The summed E-state index contributed by atoms with van der Waals surface area (Å²) in [5.41, 5.74) is 0.222. The Bertz CT molecular complexity index is 543. The van der Waals surface area contributed by atoms with Crippen molar-refractivity contribution in [3.8, 4) is 0 Å². The molecule has 0 unspecified atom stereocenters. The van der Waals surface area contributed by atoms with Gasteiger partial charge in [0, 0.05) is 18.7 Å². The molecule has 0 heterocycles. The Morgan fingerprint density at radius 2 is 2.00 bits per heavy atom. The summed E-state index contributed by atoms with van der Waals surface area (Å²) < 4.78 is 17.8. The smallest absolute Gasteiger partial charge is 0.331 e. The van der Waals surface area contributed by atoms with Crippen LogP contribution < -0.4 is 10.6 Å². The van der Waals surface area contributed by atoms with Crippen LogP contribution in [0.15, 0.2) is 30.3 Å². The number of amides is 3. The molecule has 1 rings (SSSR count). The SMILES string of the molecule is CNC(=O)NC(=O)COC(=O)/C=C/c1ccccc1F. The number of halogens is 1. The number of benzene rings is 1. The number of carbonyl (C=O) groups excluding carboxylic acids is 3. The van der Waals surface area contributed by atoms with E-state index in [2.05, 4.69) is 10.1 Å². The first-order valence-corrected chi connectivity index (χ1v) is 5.64. The maximum absolute atomic E-state index is 13.2. The number of imide groups is 1. The number of esters is 1. The van der Waals surface area contributed by atoms with Crippen molar-refractivity contribution in [2.24, 2.45) is 0 Å². The zero-order valence-corrected chi connectivity index (χ0v) is 10.7. The summed E-state index contributed by atoms with van der Waals surface area (Å²) in [6, 6.07) is 5.17. The highest BCUT2D eigenvalue weighted by atomic mass is 19.1. The van der Waals surface area contributed by atoms with Gasteiger partial charge in [-0.3, -0.25) is 10.1 Å². The van der Waals surface area contributed by atoms with Crippen LogP contribution in [0.3, 0.4) is 0 Å². The fourth-order valence-corrected chi connectivity index (χ4v) is 1.18. The molecule has 7 heteroatoms. The molecule has 0 atom stereocenters. The van der Waals surface area contributed by atoms with Gasteiger partial charge < -0.3 is 10.1 Å². The van der Waals surface area contributed by atoms with Gasteiger partial charge in [-0.2, -0.15) is 0 Å². The molecule has 0 aliphatic heterocycles. The summed E-state index contributed by atoms with van der Waals surface area (Å²) in [7, 11) is 1.34. The van der Waals surface area contributed by atoms with Gasteiger partial charge in [-0.05, 0) is 12.1 Å². The van der Waals surface area contributed by atoms with E-state index in [9.17, 15) is 18.8 Å². The molecule has 6 nitrogen and oxygen atoms in total. The average molecular weight is 280 g/mol. The molecule has 0 spiro atoms. The van der Waals surface area contributed by atoms with Crippen LogP contribution >= 0.6 is 0 Å². The highest BCUT2D eigenvalue weighted by Gasteiger charge is 2.08. The van der Waals surface area contributed by atoms with Crippen molar-refractivity contribution >= 4 is 24.0 Å². The monoisotopic (exact) mass is 280 g/mol. The minimum atomic E-state index is -0.819. The fourth-order valence-electron chi connectivity index (χ4n) is 1.18. The Kier molecular flexibility index (Phi) is 5.89. The number of nitrogens with one attached hydrogen (secondary N) is 2. The maximum Gasteiger partial charge on any atom is 0.331 e. The van der Waals surface area contributed by atoms with Crippen LogP contribution in [0, 0.1) is 5.82 Å². The lowest BCUT2D eigenvalue weighted by Gasteiger charge is -2.03. The maximum atomic E-state index is 13.2. The average Bonchev–Trinajstić information content (AvgIpc) is 2.44. The molecule has 2 N–H and O–H groups in total. The van der Waals surface area contributed by atoms with Crippen molar-refractivity contribution in [2.75, 3.05) is 13.7 Å². The molecule has 0 radical (unpaired) electrons. The first kappa shape index (κ1) is 15.4. The summed E-state index contributed by atoms with van der Waals surface area (Å²) in [5, 5.41) is 4.09. The summed E-state index contributed by atoms with van der Waals surface area (Å²) in [6.45, 7) is -0.603. The molecule has 3 amide bonds. The second kappa shape index (κ2) is 7.67. The predicted octanol–water partition coefficient (Wildman–Crippen LogP) is 0.838. The third kappa shape index (κ3) is 5.30. The molecule has 106 valence electrons. The van der Waals surface area contributed by atoms with E-state index in [1.54, 1.807) is 6.07 Å². The molecular weight excluding hydrogens is 267 g/mol. The zero-order chi connectivity index (χ0) is 15.0. The van der Waals surface area contributed by atoms with Crippen LogP contribution in [0.2, 0.25) is 0 Å². The fraction of sp³-hybridized carbons (Fsp3) is 0.154. The Labute approximate surface area is 114 Å². The van der Waals surface area contributed by atoms with E-state index in [1.807, 2.05) is 5.32 Å². The van der Waals surface area contributed by atoms with Gasteiger partial charge in [-0.25, -0.2) is 14.0 Å². The molecule has 0 bridgehead atoms. The molecule has 0 fully saturated rings. The van der Waals surface area contributed by atoms with Crippen molar-refractivity contribution in [3.05, 3.63) is 41.7 Å². The highest BCUT2D eigenvalue weighted by Crippen LogP contribution is 2.07. The Morgan fingerprint density at radius 3 is 2.65 bits per heavy atom. The third-order valence-corrected chi connectivity index (χ3v) is 2.13. The molecule has 1 aromatic rings. The van der Waals surface area contributed by atoms with Gasteiger partial charge in [-0.15, -0.1) is 0 Å². The van der Waals surface area contributed by atoms with Crippen molar-refractivity contribution in [2.45, 2.75) is 0 Å². The van der Waals surface area contributed by atoms with Crippen molar-refractivity contribution in [1.82, 2.24) is 10.6 Å². The number of urea groups is 1. The normalized spacial score (nSPS) is 10.1. The molecule has 0 saturated carbocycles. The van der Waals surface area contributed by atoms with Gasteiger partial charge >= 0.3 is 12.0 Å². The Morgan fingerprint density at radius 1 is 1.30 bits per heavy atom. The van der Waals surface area contributed by atoms with E-state index in [0.29, 0.717) is 0 Å². The quantitative estimate of drug-likeness (QED) is 0.632. The van der Waals surface area contributed by atoms with Crippen LogP contribution in [-0.4, -0.2) is 31.6 Å². The van der Waals surface area contributed by atoms with Crippen LogP contribution in [0.1, 0.15) is 5.56 Å². The Balaban J connectivity index is 2.43. The van der Waals surface area contributed by atoms with Crippen LogP contribution in [0.25, 0.3) is 6.08 Å². The van der Waals surface area contributed by atoms with Crippen molar-refractivity contribution in [3.63, 3.8) is 0 Å². The van der Waals surface area contributed by atoms with E-state index in [4.69, 9.17) is 0 Å². The van der Waals surface area contributed by atoms with Gasteiger partial charge in [0.25, 0.3) is 5.91 Å². The molecule has 20 heavy (non-hydrogen) atoms. The van der Waals surface area contributed by atoms with E-state index < -0.39 is 30.3 Å². The lowest BCUT2D eigenvalue weighted by atomic mass is 10.2.